The smallest absolute Gasteiger partial charge is 0.337 e. The molecule has 6 heteroatoms. The molecule has 98 valence electrons. The Morgan fingerprint density at radius 2 is 2.17 bits per heavy atom. The van der Waals surface area contributed by atoms with Gasteiger partial charge in [0.2, 0.25) is 0 Å². The molecular formula is C12H14FNO4. The van der Waals surface area contributed by atoms with Gasteiger partial charge in [-0.2, -0.15) is 0 Å². The van der Waals surface area contributed by atoms with Gasteiger partial charge in [0.1, 0.15) is 5.82 Å². The minimum atomic E-state index is -1.19. The fourth-order valence-electron chi connectivity index (χ4n) is 1.38. The van der Waals surface area contributed by atoms with Crippen molar-refractivity contribution in [3.8, 4) is 0 Å². The van der Waals surface area contributed by atoms with Crippen molar-refractivity contribution in [3.63, 3.8) is 0 Å². The summed E-state index contributed by atoms with van der Waals surface area (Å²) in [5.74, 6) is -2.00. The van der Waals surface area contributed by atoms with Crippen LogP contribution in [0.1, 0.15) is 25.5 Å². The Morgan fingerprint density at radius 1 is 1.50 bits per heavy atom. The number of aromatic nitrogens is 1. The Balaban J connectivity index is 2.99. The number of H-pyrrole nitrogens is 1. The molecule has 0 aliphatic heterocycles. The monoisotopic (exact) mass is 255 g/mol. The molecular weight excluding hydrogens is 241 g/mol. The van der Waals surface area contributed by atoms with Crippen molar-refractivity contribution in [2.24, 2.45) is 0 Å². The third-order valence-corrected chi connectivity index (χ3v) is 2.15. The van der Waals surface area contributed by atoms with Gasteiger partial charge in [0.25, 0.3) is 0 Å². The summed E-state index contributed by atoms with van der Waals surface area (Å²) in [7, 11) is 0. The van der Waals surface area contributed by atoms with Crippen molar-refractivity contribution in [3.05, 3.63) is 35.9 Å². The number of carbonyl (C=O) groups is 2. The number of esters is 2. The lowest BCUT2D eigenvalue weighted by Crippen LogP contribution is -2.18. The summed E-state index contributed by atoms with van der Waals surface area (Å²) >= 11 is 0. The van der Waals surface area contributed by atoms with E-state index in [1.165, 1.54) is 6.20 Å². The largest absolute Gasteiger partial charge is 0.463 e. The Kier molecular flexibility index (Phi) is 4.65. The summed E-state index contributed by atoms with van der Waals surface area (Å²) in [6.07, 6.45) is 1.20. The van der Waals surface area contributed by atoms with Crippen LogP contribution in [0.3, 0.4) is 0 Å². The van der Waals surface area contributed by atoms with E-state index < -0.39 is 23.9 Å². The number of nitrogens with one attached hydrogen (secondary N) is 1. The standard InChI is InChI=1S/C12H14FNO4/c1-4-17-12(16)7(2)11(18-8(3)15)9-5-14-6-10(9)13/h5-6,11,14H,2,4H2,1,3H3. The lowest BCUT2D eigenvalue weighted by molar-refractivity contribution is -0.148. The molecule has 0 spiro atoms. The molecule has 1 atom stereocenters. The van der Waals surface area contributed by atoms with Crippen molar-refractivity contribution >= 4 is 11.9 Å². The Labute approximate surface area is 104 Å². The van der Waals surface area contributed by atoms with Gasteiger partial charge >= 0.3 is 11.9 Å². The van der Waals surface area contributed by atoms with Crippen molar-refractivity contribution in [2.75, 3.05) is 6.61 Å². The zero-order valence-corrected chi connectivity index (χ0v) is 10.2. The van der Waals surface area contributed by atoms with Crippen LogP contribution in [-0.4, -0.2) is 23.5 Å². The third-order valence-electron chi connectivity index (χ3n) is 2.15. The van der Waals surface area contributed by atoms with E-state index in [1.807, 2.05) is 0 Å². The second kappa shape index (κ2) is 6.00. The molecule has 18 heavy (non-hydrogen) atoms. The molecule has 0 aromatic carbocycles. The van der Waals surface area contributed by atoms with Crippen LogP contribution in [-0.2, 0) is 19.1 Å². The number of aromatic amines is 1. The van der Waals surface area contributed by atoms with E-state index in [2.05, 4.69) is 11.6 Å². The van der Waals surface area contributed by atoms with Crippen LogP contribution in [0.25, 0.3) is 0 Å². The van der Waals surface area contributed by atoms with Crippen LogP contribution < -0.4 is 0 Å². The van der Waals surface area contributed by atoms with Crippen LogP contribution in [0.5, 0.6) is 0 Å². The molecule has 0 saturated heterocycles. The van der Waals surface area contributed by atoms with Crippen molar-refractivity contribution in [1.82, 2.24) is 4.98 Å². The summed E-state index contributed by atoms with van der Waals surface area (Å²) in [5, 5.41) is 0. The summed E-state index contributed by atoms with van der Waals surface area (Å²) in [6, 6.07) is 0. The van der Waals surface area contributed by atoms with Crippen molar-refractivity contribution < 1.29 is 23.5 Å². The molecule has 0 fully saturated rings. The van der Waals surface area contributed by atoms with Crippen LogP contribution >= 0.6 is 0 Å². The Hall–Kier alpha value is -2.11. The number of ether oxygens (including phenoxy) is 2. The van der Waals surface area contributed by atoms with E-state index in [0.29, 0.717) is 0 Å². The summed E-state index contributed by atoms with van der Waals surface area (Å²) in [4.78, 5) is 25.0. The van der Waals surface area contributed by atoms with E-state index in [9.17, 15) is 14.0 Å². The van der Waals surface area contributed by atoms with E-state index in [0.717, 1.165) is 13.1 Å². The lowest BCUT2D eigenvalue weighted by Gasteiger charge is -2.17. The SMILES string of the molecule is C=C(C(=O)OCC)C(OC(C)=O)c1c[nH]cc1F. The quantitative estimate of drug-likeness (QED) is 0.644. The molecule has 1 rings (SSSR count). The average Bonchev–Trinajstić information content (AvgIpc) is 2.71. The lowest BCUT2D eigenvalue weighted by atomic mass is 10.1. The molecule has 5 nitrogen and oxygen atoms in total. The fraction of sp³-hybridized carbons (Fsp3) is 0.333. The van der Waals surface area contributed by atoms with Gasteiger partial charge < -0.3 is 14.5 Å². The van der Waals surface area contributed by atoms with Crippen LogP contribution in [0, 0.1) is 5.82 Å². The molecule has 1 aromatic heterocycles. The van der Waals surface area contributed by atoms with Crippen LogP contribution in [0.15, 0.2) is 24.5 Å². The third kappa shape index (κ3) is 3.19. The van der Waals surface area contributed by atoms with Gasteiger partial charge in [-0.3, -0.25) is 4.79 Å². The minimum absolute atomic E-state index is 0.0308. The number of halogens is 1. The zero-order valence-electron chi connectivity index (χ0n) is 10.2. The molecule has 0 aliphatic rings. The van der Waals surface area contributed by atoms with Gasteiger partial charge in [-0.05, 0) is 6.92 Å². The first kappa shape index (κ1) is 14.0. The number of rotatable bonds is 5. The molecule has 0 bridgehead atoms. The molecule has 1 aromatic rings. The van der Waals surface area contributed by atoms with Crippen LogP contribution in [0.4, 0.5) is 4.39 Å². The van der Waals surface area contributed by atoms with E-state index >= 15 is 0 Å². The van der Waals surface area contributed by atoms with Gasteiger partial charge in [0.05, 0.1) is 17.7 Å². The zero-order chi connectivity index (χ0) is 13.7. The summed E-state index contributed by atoms with van der Waals surface area (Å²) in [6.45, 7) is 6.43. The Bertz CT molecular complexity index is 466. The molecule has 1 unspecified atom stereocenters. The van der Waals surface area contributed by atoms with Gasteiger partial charge in [0.15, 0.2) is 6.10 Å². The topological polar surface area (TPSA) is 68.4 Å². The number of hydrogen-bond acceptors (Lipinski definition) is 4. The van der Waals surface area contributed by atoms with Gasteiger partial charge in [-0.1, -0.05) is 6.58 Å². The summed E-state index contributed by atoms with van der Waals surface area (Å²) in [5.41, 5.74) is -0.103. The average molecular weight is 255 g/mol. The predicted octanol–water partition coefficient (Wildman–Crippen LogP) is 1.88. The normalized spacial score (nSPS) is 11.7. The molecule has 0 radical (unpaired) electrons. The molecule has 0 amide bonds. The first-order chi connectivity index (χ1) is 8.47. The minimum Gasteiger partial charge on any atom is -0.463 e. The molecule has 0 aliphatic carbocycles. The maximum absolute atomic E-state index is 13.4. The molecule has 0 saturated carbocycles. The fourth-order valence-corrected chi connectivity index (χ4v) is 1.38. The highest BCUT2D eigenvalue weighted by atomic mass is 19.1. The first-order valence-corrected chi connectivity index (χ1v) is 5.32. The number of carbonyl (C=O) groups excluding carboxylic acids is 2. The van der Waals surface area contributed by atoms with Gasteiger partial charge in [-0.25, -0.2) is 9.18 Å². The van der Waals surface area contributed by atoms with E-state index in [4.69, 9.17) is 9.47 Å². The first-order valence-electron chi connectivity index (χ1n) is 5.32. The second-order valence-electron chi connectivity index (χ2n) is 3.49. The van der Waals surface area contributed by atoms with E-state index in [-0.39, 0.29) is 17.7 Å². The second-order valence-corrected chi connectivity index (χ2v) is 3.49. The number of hydrogen-bond donors (Lipinski definition) is 1. The van der Waals surface area contributed by atoms with E-state index in [1.54, 1.807) is 6.92 Å². The predicted molar refractivity (Wildman–Crippen MR) is 61.0 cm³/mol. The molecule has 1 N–H and O–H groups in total. The van der Waals surface area contributed by atoms with Gasteiger partial charge in [-0.15, -0.1) is 0 Å². The molecule has 1 heterocycles. The van der Waals surface area contributed by atoms with Crippen LogP contribution in [0.2, 0.25) is 0 Å². The highest BCUT2D eigenvalue weighted by Crippen LogP contribution is 2.27. The maximum atomic E-state index is 13.4. The summed E-state index contributed by atoms with van der Waals surface area (Å²) < 4.78 is 23.1. The highest BCUT2D eigenvalue weighted by molar-refractivity contribution is 5.89. The van der Waals surface area contributed by atoms with Gasteiger partial charge in [0, 0.05) is 19.3 Å². The highest BCUT2D eigenvalue weighted by Gasteiger charge is 2.27. The van der Waals surface area contributed by atoms with Crippen molar-refractivity contribution in [2.45, 2.75) is 20.0 Å². The van der Waals surface area contributed by atoms with Crippen molar-refractivity contribution in [1.29, 1.82) is 0 Å². The maximum Gasteiger partial charge on any atom is 0.337 e. The Morgan fingerprint density at radius 3 is 2.61 bits per heavy atom.